The van der Waals surface area contributed by atoms with Crippen LogP contribution in [-0.4, -0.2) is 53.5 Å². The van der Waals surface area contributed by atoms with Crippen LogP contribution >= 0.6 is 0 Å². The Morgan fingerprint density at radius 1 is 1.35 bits per heavy atom. The number of nitrogens with two attached hydrogens (primary N) is 1. The topological polar surface area (TPSA) is 113 Å². The Labute approximate surface area is 118 Å². The van der Waals surface area contributed by atoms with Crippen LogP contribution in [0.25, 0.3) is 0 Å². The maximum atomic E-state index is 11.9. The molecule has 0 aromatic rings. The highest BCUT2D eigenvalue weighted by atomic mass is 16.4. The van der Waals surface area contributed by atoms with Gasteiger partial charge in [-0.3, -0.25) is 14.4 Å². The number of carboxylic acids is 1. The number of rotatable bonds is 8. The smallest absolute Gasteiger partial charge is 0.323 e. The molecule has 0 aromatic carbocycles. The predicted molar refractivity (Wildman–Crippen MR) is 72.8 cm³/mol. The van der Waals surface area contributed by atoms with Crippen molar-refractivity contribution in [2.24, 2.45) is 17.6 Å². The molecule has 0 spiro atoms. The third kappa shape index (κ3) is 5.56. The minimum absolute atomic E-state index is 0.0216. The van der Waals surface area contributed by atoms with Crippen LogP contribution < -0.4 is 11.1 Å². The fraction of sp³-hybridized carbons (Fsp3) is 0.769. The lowest BCUT2D eigenvalue weighted by Gasteiger charge is -2.21. The SMILES string of the molecule is CC(C)[C@H](N)C(=O)NCC(=O)N(CC(=O)O)CC1CC1. The zero-order valence-corrected chi connectivity index (χ0v) is 12.0. The highest BCUT2D eigenvalue weighted by Gasteiger charge is 2.28. The van der Waals surface area contributed by atoms with Gasteiger partial charge in [-0.05, 0) is 24.7 Å². The van der Waals surface area contributed by atoms with Gasteiger partial charge >= 0.3 is 5.97 Å². The largest absolute Gasteiger partial charge is 0.480 e. The van der Waals surface area contributed by atoms with Gasteiger partial charge in [0.15, 0.2) is 0 Å². The molecule has 114 valence electrons. The molecule has 0 bridgehead atoms. The number of carboxylic acid groups (broad SMARTS) is 1. The molecule has 7 nitrogen and oxygen atoms in total. The zero-order chi connectivity index (χ0) is 15.3. The van der Waals surface area contributed by atoms with Gasteiger partial charge in [0.05, 0.1) is 12.6 Å². The summed E-state index contributed by atoms with van der Waals surface area (Å²) in [5.74, 6) is -1.46. The second-order valence-corrected chi connectivity index (χ2v) is 5.60. The predicted octanol–water partition coefficient (Wildman–Crippen LogP) is -0.591. The molecular weight excluding hydrogens is 262 g/mol. The molecule has 1 aliphatic rings. The standard InChI is InChI=1S/C13H23N3O4/c1-8(2)12(14)13(20)15-5-10(17)16(7-11(18)19)6-9-3-4-9/h8-9,12H,3-7,14H2,1-2H3,(H,15,20)(H,18,19)/t12-/m0/s1. The van der Waals surface area contributed by atoms with Gasteiger partial charge in [-0.1, -0.05) is 13.8 Å². The van der Waals surface area contributed by atoms with Gasteiger partial charge in [0.2, 0.25) is 11.8 Å². The Balaban J connectivity index is 2.44. The van der Waals surface area contributed by atoms with E-state index in [1.807, 2.05) is 13.8 Å². The van der Waals surface area contributed by atoms with Crippen LogP contribution in [0.4, 0.5) is 0 Å². The molecule has 1 rings (SSSR count). The maximum absolute atomic E-state index is 11.9. The number of aliphatic carboxylic acids is 1. The van der Waals surface area contributed by atoms with Gasteiger partial charge in [0.25, 0.3) is 0 Å². The number of hydrogen-bond acceptors (Lipinski definition) is 4. The summed E-state index contributed by atoms with van der Waals surface area (Å²) in [5.41, 5.74) is 5.66. The van der Waals surface area contributed by atoms with Crippen molar-refractivity contribution in [1.29, 1.82) is 0 Å². The van der Waals surface area contributed by atoms with E-state index in [9.17, 15) is 14.4 Å². The minimum Gasteiger partial charge on any atom is -0.480 e. The molecule has 20 heavy (non-hydrogen) atoms. The molecule has 0 aliphatic heterocycles. The maximum Gasteiger partial charge on any atom is 0.323 e. The monoisotopic (exact) mass is 285 g/mol. The van der Waals surface area contributed by atoms with Gasteiger partial charge in [-0.15, -0.1) is 0 Å². The first-order valence-electron chi connectivity index (χ1n) is 6.84. The lowest BCUT2D eigenvalue weighted by molar-refractivity contribution is -0.144. The molecule has 2 amide bonds. The van der Waals surface area contributed by atoms with E-state index in [0.717, 1.165) is 12.8 Å². The van der Waals surface area contributed by atoms with E-state index in [2.05, 4.69) is 5.32 Å². The molecule has 0 saturated heterocycles. The Morgan fingerprint density at radius 3 is 2.40 bits per heavy atom. The van der Waals surface area contributed by atoms with Crippen LogP contribution in [0.1, 0.15) is 26.7 Å². The first-order valence-corrected chi connectivity index (χ1v) is 6.84. The van der Waals surface area contributed by atoms with Crippen molar-refractivity contribution in [3.05, 3.63) is 0 Å². The van der Waals surface area contributed by atoms with E-state index in [4.69, 9.17) is 10.8 Å². The lowest BCUT2D eigenvalue weighted by atomic mass is 10.1. The van der Waals surface area contributed by atoms with Crippen molar-refractivity contribution in [3.63, 3.8) is 0 Å². The number of carbonyl (C=O) groups excluding carboxylic acids is 2. The second-order valence-electron chi connectivity index (χ2n) is 5.60. The van der Waals surface area contributed by atoms with E-state index in [0.29, 0.717) is 12.5 Å². The molecule has 4 N–H and O–H groups in total. The number of nitrogens with one attached hydrogen (secondary N) is 1. The van der Waals surface area contributed by atoms with Gasteiger partial charge in [0.1, 0.15) is 6.54 Å². The highest BCUT2D eigenvalue weighted by molar-refractivity contribution is 5.88. The summed E-state index contributed by atoms with van der Waals surface area (Å²) in [5, 5.41) is 11.3. The number of amides is 2. The molecule has 0 heterocycles. The molecule has 7 heteroatoms. The fourth-order valence-electron chi connectivity index (χ4n) is 1.73. The average molecular weight is 285 g/mol. The Hall–Kier alpha value is -1.63. The summed E-state index contributed by atoms with van der Waals surface area (Å²) in [6.07, 6.45) is 2.04. The Morgan fingerprint density at radius 2 is 1.95 bits per heavy atom. The molecule has 1 atom stereocenters. The lowest BCUT2D eigenvalue weighted by Crippen LogP contribution is -2.49. The van der Waals surface area contributed by atoms with Gasteiger partial charge in [-0.25, -0.2) is 0 Å². The average Bonchev–Trinajstić information content (AvgIpc) is 3.16. The summed E-state index contributed by atoms with van der Waals surface area (Å²) in [6, 6.07) is -0.667. The normalized spacial score (nSPS) is 15.8. The summed E-state index contributed by atoms with van der Waals surface area (Å²) < 4.78 is 0. The van der Waals surface area contributed by atoms with E-state index in [1.165, 1.54) is 4.90 Å². The Kier molecular flexibility index (Phi) is 5.94. The van der Waals surface area contributed by atoms with Crippen molar-refractivity contribution in [1.82, 2.24) is 10.2 Å². The number of carbonyl (C=O) groups is 3. The number of hydrogen-bond donors (Lipinski definition) is 3. The van der Waals surface area contributed by atoms with Gasteiger partial charge < -0.3 is 21.1 Å². The van der Waals surface area contributed by atoms with Crippen LogP contribution in [0.2, 0.25) is 0 Å². The van der Waals surface area contributed by atoms with E-state index < -0.39 is 17.9 Å². The van der Waals surface area contributed by atoms with Crippen LogP contribution in [-0.2, 0) is 14.4 Å². The highest BCUT2D eigenvalue weighted by Crippen LogP contribution is 2.29. The first kappa shape index (κ1) is 16.4. The quantitative estimate of drug-likeness (QED) is 0.551. The Bertz CT molecular complexity index is 380. The first-order chi connectivity index (χ1) is 9.31. The van der Waals surface area contributed by atoms with Crippen LogP contribution in [0.15, 0.2) is 0 Å². The third-order valence-electron chi connectivity index (χ3n) is 3.29. The van der Waals surface area contributed by atoms with Gasteiger partial charge in [-0.2, -0.15) is 0 Å². The summed E-state index contributed by atoms with van der Waals surface area (Å²) in [4.78, 5) is 35.6. The minimum atomic E-state index is -1.05. The molecule has 1 aliphatic carbocycles. The number of nitrogens with zero attached hydrogens (tertiary/aromatic N) is 1. The zero-order valence-electron chi connectivity index (χ0n) is 12.0. The van der Waals surface area contributed by atoms with Crippen LogP contribution in [0.3, 0.4) is 0 Å². The molecule has 1 fully saturated rings. The van der Waals surface area contributed by atoms with Crippen molar-refractivity contribution in [2.45, 2.75) is 32.7 Å². The van der Waals surface area contributed by atoms with Crippen molar-refractivity contribution in [3.8, 4) is 0 Å². The molecule has 0 radical (unpaired) electrons. The van der Waals surface area contributed by atoms with E-state index in [1.54, 1.807) is 0 Å². The molecular formula is C13H23N3O4. The second kappa shape index (κ2) is 7.23. The summed E-state index contributed by atoms with van der Waals surface area (Å²) in [7, 11) is 0. The van der Waals surface area contributed by atoms with Crippen molar-refractivity contribution >= 4 is 17.8 Å². The third-order valence-corrected chi connectivity index (χ3v) is 3.29. The fourth-order valence-corrected chi connectivity index (χ4v) is 1.73. The van der Waals surface area contributed by atoms with Crippen molar-refractivity contribution < 1.29 is 19.5 Å². The summed E-state index contributed by atoms with van der Waals surface area (Å²) in [6.45, 7) is 3.53. The molecule has 0 unspecified atom stereocenters. The van der Waals surface area contributed by atoms with E-state index >= 15 is 0 Å². The van der Waals surface area contributed by atoms with Crippen LogP contribution in [0.5, 0.6) is 0 Å². The van der Waals surface area contributed by atoms with Crippen molar-refractivity contribution in [2.75, 3.05) is 19.6 Å². The summed E-state index contributed by atoms with van der Waals surface area (Å²) >= 11 is 0. The van der Waals surface area contributed by atoms with Gasteiger partial charge in [0, 0.05) is 6.54 Å². The van der Waals surface area contributed by atoms with E-state index in [-0.39, 0.29) is 24.9 Å². The molecule has 0 aromatic heterocycles. The van der Waals surface area contributed by atoms with Crippen LogP contribution in [0, 0.1) is 11.8 Å². The molecule has 1 saturated carbocycles.